The second-order valence-corrected chi connectivity index (χ2v) is 8.40. The van der Waals surface area contributed by atoms with Gasteiger partial charge in [-0.3, -0.25) is 9.67 Å². The van der Waals surface area contributed by atoms with Gasteiger partial charge in [-0.1, -0.05) is 17.3 Å². The molecule has 6 aromatic rings. The first-order valence-corrected chi connectivity index (χ1v) is 11.0. The van der Waals surface area contributed by atoms with Crippen molar-refractivity contribution < 1.29 is 13.2 Å². The number of benzene rings is 2. The summed E-state index contributed by atoms with van der Waals surface area (Å²) in [6, 6.07) is 7.62. The molecule has 4 heterocycles. The fraction of sp³-hybridized carbons (Fsp3) is 0.120. The molecular formula is C25H17F3N8. The van der Waals surface area contributed by atoms with Crippen LogP contribution in [0.1, 0.15) is 18.5 Å². The number of hydrogen-bond acceptors (Lipinski definition) is 6. The first-order valence-electron chi connectivity index (χ1n) is 11.0. The molecule has 8 nitrogen and oxygen atoms in total. The van der Waals surface area contributed by atoms with Crippen LogP contribution in [0, 0.1) is 17.5 Å². The molecule has 0 saturated heterocycles. The lowest BCUT2D eigenvalue weighted by Gasteiger charge is -2.16. The molecule has 0 aliphatic heterocycles. The third kappa shape index (κ3) is 3.56. The van der Waals surface area contributed by atoms with Crippen molar-refractivity contribution in [2.75, 3.05) is 0 Å². The molecule has 0 amide bonds. The van der Waals surface area contributed by atoms with Gasteiger partial charge in [-0.2, -0.15) is 5.10 Å². The van der Waals surface area contributed by atoms with E-state index in [0.29, 0.717) is 16.8 Å². The maximum atomic E-state index is 15.8. The summed E-state index contributed by atoms with van der Waals surface area (Å²) in [7, 11) is 1.78. The van der Waals surface area contributed by atoms with E-state index in [4.69, 9.17) is 0 Å². The Morgan fingerprint density at radius 2 is 1.69 bits per heavy atom. The van der Waals surface area contributed by atoms with Gasteiger partial charge >= 0.3 is 0 Å². The van der Waals surface area contributed by atoms with Crippen LogP contribution in [-0.2, 0) is 7.05 Å². The van der Waals surface area contributed by atoms with Crippen LogP contribution in [0.25, 0.3) is 44.6 Å². The standard InChI is InChI=1S/C25H17F3N8/c1-13(36-25-24(33-34-36)30-11-21(32-25)16-10-31-35(2)12-16)22-19(27)8-20-18(23(22)28)7-15(9-29-20)14-3-5-17(26)6-4-14/h3-13H,1-2H3. The Balaban J connectivity index is 1.47. The molecule has 2 aromatic carbocycles. The Morgan fingerprint density at radius 1 is 0.889 bits per heavy atom. The van der Waals surface area contributed by atoms with Gasteiger partial charge in [0.2, 0.25) is 5.65 Å². The summed E-state index contributed by atoms with van der Waals surface area (Å²) in [5.74, 6) is -1.92. The normalized spacial score (nSPS) is 12.5. The van der Waals surface area contributed by atoms with Gasteiger partial charge in [0.15, 0.2) is 5.65 Å². The largest absolute Gasteiger partial charge is 0.275 e. The van der Waals surface area contributed by atoms with Gasteiger partial charge in [-0.25, -0.2) is 27.8 Å². The summed E-state index contributed by atoms with van der Waals surface area (Å²) in [4.78, 5) is 13.1. The van der Waals surface area contributed by atoms with Crippen molar-refractivity contribution in [3.05, 3.63) is 84.2 Å². The molecule has 1 unspecified atom stereocenters. The first kappa shape index (κ1) is 21.8. The topological polar surface area (TPSA) is 87.2 Å². The summed E-state index contributed by atoms with van der Waals surface area (Å²) in [5, 5.41) is 12.4. The molecule has 6 rings (SSSR count). The van der Waals surface area contributed by atoms with Crippen molar-refractivity contribution in [1.82, 2.24) is 39.7 Å². The quantitative estimate of drug-likeness (QED) is 0.354. The second kappa shape index (κ2) is 8.22. The van der Waals surface area contributed by atoms with Gasteiger partial charge in [-0.05, 0) is 30.7 Å². The lowest BCUT2D eigenvalue weighted by atomic mass is 10.0. The highest BCUT2D eigenvalue weighted by Gasteiger charge is 2.25. The molecule has 0 aliphatic carbocycles. The molecule has 0 bridgehead atoms. The van der Waals surface area contributed by atoms with E-state index in [-0.39, 0.29) is 33.6 Å². The number of fused-ring (bicyclic) bond motifs is 2. The molecular weight excluding hydrogens is 469 g/mol. The number of nitrogens with zero attached hydrogens (tertiary/aromatic N) is 8. The van der Waals surface area contributed by atoms with E-state index in [0.717, 1.165) is 5.56 Å². The van der Waals surface area contributed by atoms with Crippen molar-refractivity contribution in [2.45, 2.75) is 13.0 Å². The minimum Gasteiger partial charge on any atom is -0.275 e. The predicted molar refractivity (Wildman–Crippen MR) is 126 cm³/mol. The Hall–Kier alpha value is -4.67. The van der Waals surface area contributed by atoms with E-state index in [1.54, 1.807) is 55.4 Å². The molecule has 4 aromatic heterocycles. The number of aromatic nitrogens is 8. The summed E-state index contributed by atoms with van der Waals surface area (Å²) in [6.45, 7) is 1.61. The molecule has 11 heteroatoms. The van der Waals surface area contributed by atoms with Crippen LogP contribution in [0.15, 0.2) is 61.2 Å². The van der Waals surface area contributed by atoms with E-state index < -0.39 is 17.7 Å². The highest BCUT2D eigenvalue weighted by molar-refractivity contribution is 5.85. The minimum absolute atomic E-state index is 0.131. The zero-order valence-electron chi connectivity index (χ0n) is 19.1. The summed E-state index contributed by atoms with van der Waals surface area (Å²) >= 11 is 0. The van der Waals surface area contributed by atoms with Crippen LogP contribution in [-0.4, -0.2) is 39.7 Å². The van der Waals surface area contributed by atoms with Crippen molar-refractivity contribution in [1.29, 1.82) is 0 Å². The van der Waals surface area contributed by atoms with Crippen molar-refractivity contribution in [3.63, 3.8) is 0 Å². The fourth-order valence-corrected chi connectivity index (χ4v) is 4.20. The van der Waals surface area contributed by atoms with E-state index in [2.05, 4.69) is 30.4 Å². The summed E-state index contributed by atoms with van der Waals surface area (Å²) in [5.41, 5.74) is 2.97. The number of halogens is 3. The Morgan fingerprint density at radius 3 is 2.44 bits per heavy atom. The molecule has 0 radical (unpaired) electrons. The average Bonchev–Trinajstić information content (AvgIpc) is 3.50. The Bertz CT molecular complexity index is 1760. The highest BCUT2D eigenvalue weighted by Crippen LogP contribution is 2.32. The van der Waals surface area contributed by atoms with E-state index in [1.165, 1.54) is 29.1 Å². The second-order valence-electron chi connectivity index (χ2n) is 8.40. The van der Waals surface area contributed by atoms with Gasteiger partial charge in [0.05, 0.1) is 29.6 Å². The van der Waals surface area contributed by atoms with Crippen molar-refractivity contribution in [2.24, 2.45) is 7.05 Å². The SMILES string of the molecule is CC(c1c(F)cc2ncc(-c3ccc(F)cc3)cc2c1F)n1nnc2ncc(-c3cnn(C)c3)nc21. The van der Waals surface area contributed by atoms with Gasteiger partial charge in [0.25, 0.3) is 0 Å². The average molecular weight is 486 g/mol. The number of aryl methyl sites for hydroxylation is 1. The number of rotatable bonds is 4. The Labute approximate surface area is 202 Å². The lowest BCUT2D eigenvalue weighted by molar-refractivity contribution is 0.484. The molecule has 178 valence electrons. The molecule has 36 heavy (non-hydrogen) atoms. The summed E-state index contributed by atoms with van der Waals surface area (Å²) in [6.07, 6.45) is 6.46. The first-order chi connectivity index (χ1) is 17.4. The van der Waals surface area contributed by atoms with Crippen molar-refractivity contribution in [3.8, 4) is 22.4 Å². The summed E-state index contributed by atoms with van der Waals surface area (Å²) < 4.78 is 47.3. The molecule has 0 aliphatic rings. The monoisotopic (exact) mass is 486 g/mol. The van der Waals surface area contributed by atoms with Crippen LogP contribution in [0.3, 0.4) is 0 Å². The molecule has 0 N–H and O–H groups in total. The fourth-order valence-electron chi connectivity index (χ4n) is 4.20. The zero-order valence-corrected chi connectivity index (χ0v) is 19.1. The van der Waals surface area contributed by atoms with Gasteiger partial charge in [0.1, 0.15) is 17.5 Å². The lowest BCUT2D eigenvalue weighted by Crippen LogP contribution is -2.14. The van der Waals surface area contributed by atoms with Gasteiger partial charge in [0, 0.05) is 47.6 Å². The van der Waals surface area contributed by atoms with Crippen LogP contribution in [0.2, 0.25) is 0 Å². The van der Waals surface area contributed by atoms with Gasteiger partial charge in [-0.15, -0.1) is 5.10 Å². The molecule has 0 saturated carbocycles. The van der Waals surface area contributed by atoms with E-state index in [1.807, 2.05) is 0 Å². The Kier molecular flexibility index (Phi) is 4.99. The molecule has 0 spiro atoms. The third-order valence-corrected chi connectivity index (χ3v) is 6.06. The maximum absolute atomic E-state index is 15.8. The van der Waals surface area contributed by atoms with E-state index in [9.17, 15) is 4.39 Å². The third-order valence-electron chi connectivity index (χ3n) is 6.06. The number of hydrogen-bond donors (Lipinski definition) is 0. The van der Waals surface area contributed by atoms with Crippen LogP contribution in [0.5, 0.6) is 0 Å². The smallest absolute Gasteiger partial charge is 0.221 e. The van der Waals surface area contributed by atoms with Crippen LogP contribution >= 0.6 is 0 Å². The number of pyridine rings is 1. The van der Waals surface area contributed by atoms with Crippen molar-refractivity contribution >= 4 is 22.2 Å². The van der Waals surface area contributed by atoms with Crippen LogP contribution in [0.4, 0.5) is 13.2 Å². The van der Waals surface area contributed by atoms with Gasteiger partial charge < -0.3 is 0 Å². The predicted octanol–water partition coefficient (Wildman–Crippen LogP) is 4.86. The van der Waals surface area contributed by atoms with E-state index >= 15 is 8.78 Å². The zero-order chi connectivity index (χ0) is 25.0. The maximum Gasteiger partial charge on any atom is 0.221 e. The highest BCUT2D eigenvalue weighted by atomic mass is 19.1. The minimum atomic E-state index is -0.896. The molecule has 0 fully saturated rings. The molecule has 1 atom stereocenters. The van der Waals surface area contributed by atoms with Crippen LogP contribution < -0.4 is 0 Å².